The molecule has 0 saturated heterocycles. The molecule has 3 aromatic carbocycles. The third kappa shape index (κ3) is 8.23. The smallest absolute Gasteiger partial charge is 0.475 e. The number of halogens is 6. The standard InChI is InChI=1S/C28H22F3N3O2S.C2HF3O2/c1-36-27(35)20-4-2-3-18(13-20)16-32-15-17-5-7-19(8-6-17)24-11-12-25(37-24)26-33-22-10-9-21(28(29,30)31)14-23(22)34-26;3-2(4,5)1(6)7/h2-14,32H,15-16H2,1H3,(H,33,34);(H,6,7). The Morgan fingerprint density at radius 2 is 1.55 bits per heavy atom. The molecule has 5 aromatic rings. The Kier molecular flexibility index (Phi) is 9.75. The number of carboxylic acids is 1. The second kappa shape index (κ2) is 13.3. The SMILES string of the molecule is COC(=O)c1cccc(CNCc2ccc(-c3ccc(-c4nc5ccc(C(F)(F)F)cc5[nH]4)s3)cc2)c1.O=C(O)C(F)(F)F. The van der Waals surface area contributed by atoms with Gasteiger partial charge in [-0.15, -0.1) is 11.3 Å². The molecule has 44 heavy (non-hydrogen) atoms. The summed E-state index contributed by atoms with van der Waals surface area (Å²) in [6.07, 6.45) is -9.48. The molecule has 3 N–H and O–H groups in total. The van der Waals surface area contributed by atoms with Crippen molar-refractivity contribution < 1.29 is 45.8 Å². The van der Waals surface area contributed by atoms with Crippen LogP contribution in [0.3, 0.4) is 0 Å². The van der Waals surface area contributed by atoms with Crippen molar-refractivity contribution in [1.82, 2.24) is 15.3 Å². The molecule has 230 valence electrons. The van der Waals surface area contributed by atoms with E-state index in [1.165, 1.54) is 24.5 Å². The van der Waals surface area contributed by atoms with Crippen molar-refractivity contribution in [3.63, 3.8) is 0 Å². The number of thiophene rings is 1. The van der Waals surface area contributed by atoms with Gasteiger partial charge in [0.25, 0.3) is 0 Å². The van der Waals surface area contributed by atoms with Gasteiger partial charge in [0.15, 0.2) is 0 Å². The number of aliphatic carboxylic acids is 1. The summed E-state index contributed by atoms with van der Waals surface area (Å²) < 4.78 is 75.5. The number of aromatic nitrogens is 2. The predicted molar refractivity (Wildman–Crippen MR) is 152 cm³/mol. The molecule has 2 heterocycles. The van der Waals surface area contributed by atoms with E-state index in [1.807, 2.05) is 54.6 Å². The number of hydrogen-bond acceptors (Lipinski definition) is 6. The van der Waals surface area contributed by atoms with Crippen LogP contribution < -0.4 is 5.32 Å². The van der Waals surface area contributed by atoms with E-state index in [2.05, 4.69) is 15.3 Å². The van der Waals surface area contributed by atoms with Gasteiger partial charge in [-0.2, -0.15) is 26.3 Å². The average molecular weight is 636 g/mol. The fourth-order valence-electron chi connectivity index (χ4n) is 3.99. The van der Waals surface area contributed by atoms with E-state index in [0.29, 0.717) is 35.5 Å². The van der Waals surface area contributed by atoms with Crippen LogP contribution in [-0.2, 0) is 28.8 Å². The maximum Gasteiger partial charge on any atom is 0.490 e. The highest BCUT2D eigenvalue weighted by molar-refractivity contribution is 7.18. The van der Waals surface area contributed by atoms with Gasteiger partial charge in [0.2, 0.25) is 0 Å². The van der Waals surface area contributed by atoms with Gasteiger partial charge in [-0.3, -0.25) is 0 Å². The number of hydrogen-bond donors (Lipinski definition) is 3. The van der Waals surface area contributed by atoms with Crippen LogP contribution in [0.15, 0.2) is 78.9 Å². The lowest BCUT2D eigenvalue weighted by Gasteiger charge is -2.07. The Balaban J connectivity index is 0.000000566. The number of carbonyl (C=O) groups is 2. The predicted octanol–water partition coefficient (Wildman–Crippen LogP) is 7.69. The normalized spacial score (nSPS) is 11.6. The van der Waals surface area contributed by atoms with Crippen LogP contribution in [0.4, 0.5) is 26.3 Å². The quantitative estimate of drug-likeness (QED) is 0.125. The van der Waals surface area contributed by atoms with E-state index in [0.717, 1.165) is 38.6 Å². The molecule has 0 unspecified atom stereocenters. The number of nitrogens with one attached hydrogen (secondary N) is 2. The van der Waals surface area contributed by atoms with Gasteiger partial charge < -0.3 is 20.1 Å². The monoisotopic (exact) mass is 635 g/mol. The van der Waals surface area contributed by atoms with Gasteiger partial charge >= 0.3 is 24.3 Å². The number of benzene rings is 3. The Bertz CT molecular complexity index is 1760. The van der Waals surface area contributed by atoms with Gasteiger partial charge in [-0.1, -0.05) is 36.4 Å². The fourth-order valence-corrected chi connectivity index (χ4v) is 4.94. The lowest BCUT2D eigenvalue weighted by atomic mass is 10.1. The molecular weight excluding hydrogens is 612 g/mol. The van der Waals surface area contributed by atoms with Crippen LogP contribution in [0.25, 0.3) is 32.2 Å². The van der Waals surface area contributed by atoms with Crippen LogP contribution >= 0.6 is 11.3 Å². The first kappa shape index (κ1) is 32.2. The molecule has 0 bridgehead atoms. The molecule has 0 radical (unpaired) electrons. The summed E-state index contributed by atoms with van der Waals surface area (Å²) in [5, 5.41) is 10.5. The first-order valence-electron chi connectivity index (χ1n) is 12.7. The molecule has 0 amide bonds. The fraction of sp³-hybridized carbons (Fsp3) is 0.167. The van der Waals surface area contributed by atoms with Crippen LogP contribution in [0.2, 0.25) is 0 Å². The van der Waals surface area contributed by atoms with E-state index in [1.54, 1.807) is 6.07 Å². The summed E-state index contributed by atoms with van der Waals surface area (Å²) in [7, 11) is 1.36. The summed E-state index contributed by atoms with van der Waals surface area (Å²) in [6, 6.07) is 22.9. The zero-order valence-corrected chi connectivity index (χ0v) is 23.5. The minimum Gasteiger partial charge on any atom is -0.475 e. The number of fused-ring (bicyclic) bond motifs is 1. The van der Waals surface area contributed by atoms with Crippen molar-refractivity contribution in [2.24, 2.45) is 0 Å². The van der Waals surface area contributed by atoms with Crippen LogP contribution in [0.1, 0.15) is 27.0 Å². The highest BCUT2D eigenvalue weighted by atomic mass is 32.1. The van der Waals surface area contributed by atoms with Gasteiger partial charge in [-0.25, -0.2) is 14.6 Å². The number of methoxy groups -OCH3 is 1. The number of aromatic amines is 1. The zero-order chi connectivity index (χ0) is 32.1. The topological polar surface area (TPSA) is 104 Å². The Labute approximate surface area is 250 Å². The number of rotatable bonds is 7. The molecule has 0 aliphatic carbocycles. The lowest BCUT2D eigenvalue weighted by Crippen LogP contribution is -2.21. The highest BCUT2D eigenvalue weighted by Crippen LogP contribution is 2.35. The molecule has 0 fully saturated rings. The molecule has 14 heteroatoms. The van der Waals surface area contributed by atoms with Crippen molar-refractivity contribution >= 4 is 34.3 Å². The van der Waals surface area contributed by atoms with Crippen molar-refractivity contribution in [2.75, 3.05) is 7.11 Å². The number of carboxylic acid groups (broad SMARTS) is 1. The molecule has 0 aliphatic rings. The summed E-state index contributed by atoms with van der Waals surface area (Å²) in [6.45, 7) is 1.28. The summed E-state index contributed by atoms with van der Waals surface area (Å²) >= 11 is 1.52. The molecule has 7 nitrogen and oxygen atoms in total. The Hall–Kier alpha value is -4.69. The maximum atomic E-state index is 13.0. The molecule has 0 spiro atoms. The second-order valence-corrected chi connectivity index (χ2v) is 10.4. The molecule has 0 atom stereocenters. The summed E-state index contributed by atoms with van der Waals surface area (Å²) in [4.78, 5) is 29.9. The summed E-state index contributed by atoms with van der Waals surface area (Å²) in [5.41, 5.74) is 3.82. The van der Waals surface area contributed by atoms with E-state index < -0.39 is 23.9 Å². The molecule has 0 saturated carbocycles. The van der Waals surface area contributed by atoms with Gasteiger partial charge in [-0.05, 0) is 59.2 Å². The maximum absolute atomic E-state index is 13.0. The van der Waals surface area contributed by atoms with Crippen LogP contribution in [0, 0.1) is 0 Å². The number of nitrogens with zero attached hydrogens (tertiary/aromatic N) is 1. The van der Waals surface area contributed by atoms with Gasteiger partial charge in [0, 0.05) is 18.0 Å². The minimum atomic E-state index is -5.08. The van der Waals surface area contributed by atoms with Crippen molar-refractivity contribution in [3.8, 4) is 21.1 Å². The zero-order valence-electron chi connectivity index (χ0n) is 22.7. The van der Waals surface area contributed by atoms with Crippen molar-refractivity contribution in [1.29, 1.82) is 0 Å². The van der Waals surface area contributed by atoms with E-state index >= 15 is 0 Å². The molecule has 0 aliphatic heterocycles. The van der Waals surface area contributed by atoms with Gasteiger partial charge in [0.05, 0.1) is 34.1 Å². The van der Waals surface area contributed by atoms with Crippen LogP contribution in [0.5, 0.6) is 0 Å². The lowest BCUT2D eigenvalue weighted by molar-refractivity contribution is -0.192. The number of esters is 1. The third-order valence-electron chi connectivity index (χ3n) is 6.14. The van der Waals surface area contributed by atoms with E-state index in [4.69, 9.17) is 14.6 Å². The number of ether oxygens (including phenoxy) is 1. The highest BCUT2D eigenvalue weighted by Gasteiger charge is 2.38. The van der Waals surface area contributed by atoms with Crippen LogP contribution in [-0.4, -0.2) is 40.3 Å². The average Bonchev–Trinajstić information content (AvgIpc) is 3.64. The first-order valence-corrected chi connectivity index (χ1v) is 13.5. The van der Waals surface area contributed by atoms with E-state index in [-0.39, 0.29) is 5.97 Å². The second-order valence-electron chi connectivity index (χ2n) is 9.27. The first-order chi connectivity index (χ1) is 20.7. The molecule has 2 aromatic heterocycles. The Morgan fingerprint density at radius 1 is 0.886 bits per heavy atom. The van der Waals surface area contributed by atoms with E-state index in [9.17, 15) is 31.1 Å². The van der Waals surface area contributed by atoms with Crippen molar-refractivity contribution in [3.05, 3.63) is 101 Å². The summed E-state index contributed by atoms with van der Waals surface area (Å²) in [5.74, 6) is -2.57. The number of carbonyl (C=O) groups excluding carboxylic acids is 1. The van der Waals surface area contributed by atoms with Crippen molar-refractivity contribution in [2.45, 2.75) is 25.4 Å². The third-order valence-corrected chi connectivity index (χ3v) is 7.28. The molecule has 5 rings (SSSR count). The van der Waals surface area contributed by atoms with Gasteiger partial charge in [0.1, 0.15) is 5.82 Å². The Morgan fingerprint density at radius 3 is 2.18 bits per heavy atom. The molecular formula is C30H23F6N3O4S. The number of imidazole rings is 1. The number of alkyl halides is 6. The largest absolute Gasteiger partial charge is 0.490 e. The minimum absolute atomic E-state index is 0.355. The number of H-pyrrole nitrogens is 1.